The van der Waals surface area contributed by atoms with E-state index < -0.39 is 0 Å². The van der Waals surface area contributed by atoms with Crippen molar-refractivity contribution in [3.63, 3.8) is 0 Å². The fourth-order valence-corrected chi connectivity index (χ4v) is 3.51. The highest BCUT2D eigenvalue weighted by atomic mass is 127. The number of benzene rings is 1. The van der Waals surface area contributed by atoms with Crippen molar-refractivity contribution in [2.24, 2.45) is 4.99 Å². The minimum absolute atomic E-state index is 0. The highest BCUT2D eigenvalue weighted by Crippen LogP contribution is 2.20. The second kappa shape index (κ2) is 10.9. The van der Waals surface area contributed by atoms with Crippen molar-refractivity contribution < 1.29 is 4.39 Å². The normalized spacial score (nSPS) is 11.0. The van der Waals surface area contributed by atoms with Gasteiger partial charge in [0.15, 0.2) is 5.96 Å². The largest absolute Gasteiger partial charge is 0.356 e. The van der Waals surface area contributed by atoms with Gasteiger partial charge in [0, 0.05) is 29.1 Å². The van der Waals surface area contributed by atoms with E-state index in [0.29, 0.717) is 4.90 Å². The van der Waals surface area contributed by atoms with Crippen LogP contribution in [0.25, 0.3) is 0 Å². The highest BCUT2D eigenvalue weighted by Gasteiger charge is 2.03. The Hall–Kier alpha value is -0.800. The predicted molar refractivity (Wildman–Crippen MR) is 110 cm³/mol. The fourth-order valence-electron chi connectivity index (χ4n) is 1.86. The van der Waals surface area contributed by atoms with Crippen LogP contribution in [0.2, 0.25) is 0 Å². The van der Waals surface area contributed by atoms with Gasteiger partial charge in [0.2, 0.25) is 0 Å². The molecule has 126 valence electrons. The predicted octanol–water partition coefficient (Wildman–Crippen LogP) is 4.27. The summed E-state index contributed by atoms with van der Waals surface area (Å²) in [6, 6.07) is 8.95. The summed E-state index contributed by atoms with van der Waals surface area (Å²) in [5, 5.41) is 8.62. The SMILES string of the molecule is CN=C(NCCSc1ccccc1F)NCc1sccc1C.I. The van der Waals surface area contributed by atoms with Gasteiger partial charge in [-0.05, 0) is 36.1 Å². The van der Waals surface area contributed by atoms with Crippen molar-refractivity contribution in [1.82, 2.24) is 10.6 Å². The monoisotopic (exact) mass is 465 g/mol. The molecule has 0 aliphatic rings. The second-order valence-electron chi connectivity index (χ2n) is 4.66. The van der Waals surface area contributed by atoms with Crippen molar-refractivity contribution in [2.45, 2.75) is 18.4 Å². The van der Waals surface area contributed by atoms with Crippen LogP contribution in [0.3, 0.4) is 0 Å². The van der Waals surface area contributed by atoms with Crippen LogP contribution in [0.5, 0.6) is 0 Å². The summed E-state index contributed by atoms with van der Waals surface area (Å²) in [5.41, 5.74) is 1.29. The third-order valence-corrected chi connectivity index (χ3v) is 5.17. The lowest BCUT2D eigenvalue weighted by atomic mass is 10.3. The van der Waals surface area contributed by atoms with Gasteiger partial charge in [-0.1, -0.05) is 12.1 Å². The quantitative estimate of drug-likeness (QED) is 0.220. The number of rotatable bonds is 6. The molecule has 0 radical (unpaired) electrons. The van der Waals surface area contributed by atoms with Crippen LogP contribution in [-0.2, 0) is 6.54 Å². The number of halogens is 2. The molecular weight excluding hydrogens is 444 g/mol. The molecule has 0 unspecified atom stereocenters. The topological polar surface area (TPSA) is 36.4 Å². The maximum absolute atomic E-state index is 13.5. The molecule has 0 bridgehead atoms. The third-order valence-electron chi connectivity index (χ3n) is 3.10. The highest BCUT2D eigenvalue weighted by molar-refractivity contribution is 14.0. The minimum atomic E-state index is -0.164. The molecule has 7 heteroatoms. The number of hydrogen-bond donors (Lipinski definition) is 2. The van der Waals surface area contributed by atoms with Gasteiger partial charge in [0.05, 0.1) is 6.54 Å². The molecule has 2 rings (SSSR count). The van der Waals surface area contributed by atoms with E-state index in [-0.39, 0.29) is 29.8 Å². The summed E-state index contributed by atoms with van der Waals surface area (Å²) >= 11 is 3.24. The average Bonchev–Trinajstić information content (AvgIpc) is 2.93. The lowest BCUT2D eigenvalue weighted by molar-refractivity contribution is 0.602. The molecule has 3 nitrogen and oxygen atoms in total. The molecule has 1 aromatic heterocycles. The Morgan fingerprint density at radius 3 is 2.70 bits per heavy atom. The van der Waals surface area contributed by atoms with Gasteiger partial charge in [0.1, 0.15) is 5.82 Å². The molecule has 0 fully saturated rings. The van der Waals surface area contributed by atoms with Gasteiger partial charge < -0.3 is 10.6 Å². The van der Waals surface area contributed by atoms with Gasteiger partial charge in [-0.25, -0.2) is 4.39 Å². The summed E-state index contributed by atoms with van der Waals surface area (Å²) in [4.78, 5) is 6.19. The number of thiophene rings is 1. The zero-order valence-corrected chi connectivity index (χ0v) is 17.1. The molecule has 0 amide bonds. The standard InChI is InChI=1S/C16H20FN3S2.HI/c1-12-7-9-21-15(12)11-20-16(18-2)19-8-10-22-14-6-4-3-5-13(14)17;/h3-7,9H,8,10-11H2,1-2H3,(H2,18,19,20);1H. The van der Waals surface area contributed by atoms with E-state index in [2.05, 4.69) is 34.0 Å². The molecule has 2 N–H and O–H groups in total. The van der Waals surface area contributed by atoms with Crippen LogP contribution >= 0.6 is 47.1 Å². The molecule has 0 spiro atoms. The van der Waals surface area contributed by atoms with E-state index >= 15 is 0 Å². The van der Waals surface area contributed by atoms with Crippen molar-refractivity contribution in [1.29, 1.82) is 0 Å². The number of aliphatic imine (C=N–C) groups is 1. The lowest BCUT2D eigenvalue weighted by Gasteiger charge is -2.11. The Kier molecular flexibility index (Phi) is 9.57. The molecule has 0 aliphatic carbocycles. The first-order valence-corrected chi connectivity index (χ1v) is 8.92. The van der Waals surface area contributed by atoms with Gasteiger partial charge in [-0.15, -0.1) is 47.1 Å². The number of hydrogen-bond acceptors (Lipinski definition) is 3. The first-order valence-electron chi connectivity index (χ1n) is 7.05. The maximum atomic E-state index is 13.5. The van der Waals surface area contributed by atoms with Crippen molar-refractivity contribution in [3.05, 3.63) is 52.0 Å². The van der Waals surface area contributed by atoms with Crippen molar-refractivity contribution in [3.8, 4) is 0 Å². The number of aryl methyl sites for hydroxylation is 1. The zero-order chi connectivity index (χ0) is 15.8. The fraction of sp³-hybridized carbons (Fsp3) is 0.312. The number of nitrogens with one attached hydrogen (secondary N) is 2. The Morgan fingerprint density at radius 1 is 1.26 bits per heavy atom. The minimum Gasteiger partial charge on any atom is -0.356 e. The Bertz CT molecular complexity index is 631. The molecule has 1 aromatic carbocycles. The molecule has 23 heavy (non-hydrogen) atoms. The maximum Gasteiger partial charge on any atom is 0.191 e. The van der Waals surface area contributed by atoms with Crippen molar-refractivity contribution in [2.75, 3.05) is 19.3 Å². The van der Waals surface area contributed by atoms with Crippen LogP contribution in [0.4, 0.5) is 4.39 Å². The summed E-state index contributed by atoms with van der Waals surface area (Å²) in [5.74, 6) is 1.38. The summed E-state index contributed by atoms with van der Waals surface area (Å²) in [6.07, 6.45) is 0. The van der Waals surface area contributed by atoms with E-state index in [1.807, 2.05) is 6.07 Å². The van der Waals surface area contributed by atoms with Crippen molar-refractivity contribution >= 4 is 53.0 Å². The third kappa shape index (κ3) is 6.68. The van der Waals surface area contributed by atoms with Crippen LogP contribution in [-0.4, -0.2) is 25.3 Å². The van der Waals surface area contributed by atoms with E-state index in [4.69, 9.17) is 0 Å². The van der Waals surface area contributed by atoms with E-state index in [9.17, 15) is 4.39 Å². The molecule has 2 aromatic rings. The van der Waals surface area contributed by atoms with E-state index in [1.54, 1.807) is 30.5 Å². The molecule has 0 saturated carbocycles. The molecule has 0 atom stereocenters. The second-order valence-corrected chi connectivity index (χ2v) is 6.80. The molecule has 0 saturated heterocycles. The van der Waals surface area contributed by atoms with Gasteiger partial charge in [-0.3, -0.25) is 4.99 Å². The zero-order valence-electron chi connectivity index (χ0n) is 13.1. The molecular formula is C16H21FIN3S2. The Labute approximate surface area is 162 Å². The summed E-state index contributed by atoms with van der Waals surface area (Å²) < 4.78 is 13.5. The first kappa shape index (κ1) is 20.2. The van der Waals surface area contributed by atoms with E-state index in [0.717, 1.165) is 24.8 Å². The number of guanidine groups is 1. The van der Waals surface area contributed by atoms with E-state index in [1.165, 1.54) is 28.3 Å². The van der Waals surface area contributed by atoms with Crippen LogP contribution in [0.15, 0.2) is 45.6 Å². The van der Waals surface area contributed by atoms with Gasteiger partial charge in [0.25, 0.3) is 0 Å². The summed E-state index contributed by atoms with van der Waals surface area (Å²) in [7, 11) is 1.75. The van der Waals surface area contributed by atoms with Gasteiger partial charge >= 0.3 is 0 Å². The molecule has 0 aliphatic heterocycles. The average molecular weight is 465 g/mol. The molecule has 1 heterocycles. The van der Waals surface area contributed by atoms with Crippen LogP contribution in [0.1, 0.15) is 10.4 Å². The summed E-state index contributed by atoms with van der Waals surface area (Å²) in [6.45, 7) is 3.60. The smallest absolute Gasteiger partial charge is 0.191 e. The number of thioether (sulfide) groups is 1. The van der Waals surface area contributed by atoms with Gasteiger partial charge in [-0.2, -0.15) is 0 Å². The Balaban J connectivity index is 0.00000264. The van der Waals surface area contributed by atoms with Crippen LogP contribution in [0, 0.1) is 12.7 Å². The van der Waals surface area contributed by atoms with Crippen LogP contribution < -0.4 is 10.6 Å². The lowest BCUT2D eigenvalue weighted by Crippen LogP contribution is -2.37. The number of nitrogens with zero attached hydrogens (tertiary/aromatic N) is 1. The first-order chi connectivity index (χ1) is 10.7. The Morgan fingerprint density at radius 2 is 2.04 bits per heavy atom.